The molecule has 1 heterocycles. The highest BCUT2D eigenvalue weighted by Crippen LogP contribution is 2.30. The maximum atomic E-state index is 5.88. The molecule has 3 nitrogen and oxygen atoms in total. The topological polar surface area (TPSA) is 38.7 Å². The van der Waals surface area contributed by atoms with Crippen LogP contribution >= 0.6 is 11.6 Å². The molecule has 0 amide bonds. The lowest BCUT2D eigenvalue weighted by molar-refractivity contribution is 0.871. The van der Waals surface area contributed by atoms with Crippen LogP contribution in [0.4, 0.5) is 0 Å². The van der Waals surface area contributed by atoms with Crippen LogP contribution in [0.1, 0.15) is 0 Å². The van der Waals surface area contributed by atoms with Crippen LogP contribution in [0.5, 0.6) is 0 Å². The van der Waals surface area contributed by atoms with Crippen LogP contribution in [0, 0.1) is 0 Å². The van der Waals surface area contributed by atoms with E-state index in [4.69, 9.17) is 11.6 Å². The summed E-state index contributed by atoms with van der Waals surface area (Å²) in [5.41, 5.74) is 3.94. The molecule has 0 fully saturated rings. The van der Waals surface area contributed by atoms with Gasteiger partial charge in [-0.2, -0.15) is 0 Å². The highest BCUT2D eigenvalue weighted by molar-refractivity contribution is 6.29. The van der Waals surface area contributed by atoms with Gasteiger partial charge in [-0.05, 0) is 16.3 Å². The third-order valence-corrected chi connectivity index (χ3v) is 3.02. The molecule has 1 aromatic heterocycles. The van der Waals surface area contributed by atoms with E-state index in [2.05, 4.69) is 33.6 Å². The number of hydrogen-bond acceptors (Lipinski definition) is 3. The fourth-order valence-corrected chi connectivity index (χ4v) is 2.13. The zero-order chi connectivity index (χ0) is 13.1. The van der Waals surface area contributed by atoms with Crippen molar-refractivity contribution in [2.45, 2.75) is 0 Å². The van der Waals surface area contributed by atoms with E-state index in [-0.39, 0.29) is 0 Å². The molecule has 4 heteroatoms. The zero-order valence-corrected chi connectivity index (χ0v) is 10.7. The van der Waals surface area contributed by atoms with Crippen LogP contribution < -0.4 is 0 Å². The molecule has 0 spiro atoms. The molecule has 19 heavy (non-hydrogen) atoms. The van der Waals surface area contributed by atoms with Crippen LogP contribution in [0.15, 0.2) is 60.7 Å². The number of hydrogen-bond donors (Lipinski definition) is 0. The van der Waals surface area contributed by atoms with E-state index in [1.807, 2.05) is 36.4 Å². The van der Waals surface area contributed by atoms with Crippen molar-refractivity contribution in [2.24, 2.45) is 0 Å². The Kier molecular flexibility index (Phi) is 3.21. The number of halogens is 1. The summed E-state index contributed by atoms with van der Waals surface area (Å²) in [5, 5.41) is 11.7. The lowest BCUT2D eigenvalue weighted by Gasteiger charge is -2.08. The summed E-state index contributed by atoms with van der Waals surface area (Å²) in [4.78, 5) is 0. The largest absolute Gasteiger partial charge is 0.155 e. The fraction of sp³-hybridized carbons (Fsp3) is 0. The number of aromatic nitrogens is 3. The van der Waals surface area contributed by atoms with Crippen LogP contribution in [0.3, 0.4) is 0 Å². The molecular formula is C15H10ClN3. The number of rotatable bonds is 2. The summed E-state index contributed by atoms with van der Waals surface area (Å²) in [7, 11) is 0. The first kappa shape index (κ1) is 11.8. The smallest absolute Gasteiger partial charge is 0.130 e. The maximum Gasteiger partial charge on any atom is 0.155 e. The molecule has 0 radical (unpaired) electrons. The molecule has 0 saturated carbocycles. The van der Waals surface area contributed by atoms with E-state index in [1.165, 1.54) is 0 Å². The lowest BCUT2D eigenvalue weighted by Crippen LogP contribution is -1.93. The number of benzene rings is 2. The average molecular weight is 268 g/mol. The molecular weight excluding hydrogens is 258 g/mol. The molecule has 0 saturated heterocycles. The Hall–Kier alpha value is -2.26. The van der Waals surface area contributed by atoms with Crippen molar-refractivity contribution >= 4 is 11.6 Å². The minimum atomic E-state index is 0.341. The Balaban J connectivity index is 2.18. The van der Waals surface area contributed by atoms with E-state index in [9.17, 15) is 0 Å². The Morgan fingerprint density at radius 3 is 2.16 bits per heavy atom. The molecule has 0 N–H and O–H groups in total. The van der Waals surface area contributed by atoms with Crippen molar-refractivity contribution in [1.82, 2.24) is 15.4 Å². The van der Waals surface area contributed by atoms with Crippen LogP contribution in [-0.2, 0) is 0 Å². The zero-order valence-electron chi connectivity index (χ0n) is 9.99. The van der Waals surface area contributed by atoms with Gasteiger partial charge in [0.25, 0.3) is 0 Å². The van der Waals surface area contributed by atoms with Crippen molar-refractivity contribution < 1.29 is 0 Å². The predicted octanol–water partition coefficient (Wildman–Crippen LogP) is 3.86. The third-order valence-electron chi connectivity index (χ3n) is 2.84. The quantitative estimate of drug-likeness (QED) is 0.708. The van der Waals surface area contributed by atoms with Crippen molar-refractivity contribution in [1.29, 1.82) is 0 Å². The van der Waals surface area contributed by atoms with Crippen LogP contribution in [-0.4, -0.2) is 15.4 Å². The Labute approximate surface area is 115 Å². The van der Waals surface area contributed by atoms with E-state index < -0.39 is 0 Å². The van der Waals surface area contributed by atoms with Gasteiger partial charge in [-0.1, -0.05) is 66.2 Å². The lowest BCUT2D eigenvalue weighted by atomic mass is 9.98. The molecule has 0 bridgehead atoms. The Morgan fingerprint density at radius 2 is 1.42 bits per heavy atom. The van der Waals surface area contributed by atoms with E-state index in [1.54, 1.807) is 6.07 Å². The summed E-state index contributed by atoms with van der Waals surface area (Å²) in [5.74, 6) is 0. The SMILES string of the molecule is Clc1cc(-c2ccccc2-c2ccccc2)nnn1. The second kappa shape index (κ2) is 5.16. The van der Waals surface area contributed by atoms with Gasteiger partial charge in [-0.3, -0.25) is 0 Å². The summed E-state index contributed by atoms with van der Waals surface area (Å²) in [6.45, 7) is 0. The van der Waals surface area contributed by atoms with Gasteiger partial charge in [0.05, 0.1) is 5.69 Å². The Morgan fingerprint density at radius 1 is 0.737 bits per heavy atom. The first-order valence-corrected chi connectivity index (χ1v) is 6.23. The van der Waals surface area contributed by atoms with Gasteiger partial charge in [0.1, 0.15) is 0 Å². The van der Waals surface area contributed by atoms with Crippen molar-refractivity contribution in [3.05, 3.63) is 65.8 Å². The van der Waals surface area contributed by atoms with Gasteiger partial charge < -0.3 is 0 Å². The van der Waals surface area contributed by atoms with Gasteiger partial charge in [-0.15, -0.1) is 10.2 Å². The average Bonchev–Trinajstić information content (AvgIpc) is 2.48. The van der Waals surface area contributed by atoms with Crippen molar-refractivity contribution in [3.63, 3.8) is 0 Å². The van der Waals surface area contributed by atoms with Crippen molar-refractivity contribution in [2.75, 3.05) is 0 Å². The van der Waals surface area contributed by atoms with E-state index >= 15 is 0 Å². The van der Waals surface area contributed by atoms with Crippen molar-refractivity contribution in [3.8, 4) is 22.4 Å². The van der Waals surface area contributed by atoms with Crippen LogP contribution in [0.25, 0.3) is 22.4 Å². The minimum absolute atomic E-state index is 0.341. The first-order valence-electron chi connectivity index (χ1n) is 5.85. The number of nitrogens with zero attached hydrogens (tertiary/aromatic N) is 3. The molecule has 0 aliphatic heterocycles. The molecule has 92 valence electrons. The second-order valence-electron chi connectivity index (χ2n) is 4.05. The molecule has 2 aromatic carbocycles. The molecule has 0 aliphatic carbocycles. The fourth-order valence-electron chi connectivity index (χ4n) is 1.99. The third kappa shape index (κ3) is 2.46. The predicted molar refractivity (Wildman–Crippen MR) is 75.7 cm³/mol. The summed E-state index contributed by atoms with van der Waals surface area (Å²) in [6, 6.07) is 19.9. The molecule has 3 aromatic rings. The molecule has 0 unspecified atom stereocenters. The highest BCUT2D eigenvalue weighted by atomic mass is 35.5. The molecule has 3 rings (SSSR count). The first-order chi connectivity index (χ1) is 9.34. The van der Waals surface area contributed by atoms with Gasteiger partial charge in [0, 0.05) is 11.6 Å². The minimum Gasteiger partial charge on any atom is -0.130 e. The summed E-state index contributed by atoms with van der Waals surface area (Å²) < 4.78 is 0. The molecule has 0 aliphatic rings. The van der Waals surface area contributed by atoms with Gasteiger partial charge in [-0.25, -0.2) is 0 Å². The summed E-state index contributed by atoms with van der Waals surface area (Å²) in [6.07, 6.45) is 0. The maximum absolute atomic E-state index is 5.88. The molecule has 0 atom stereocenters. The monoisotopic (exact) mass is 267 g/mol. The van der Waals surface area contributed by atoms with E-state index in [0.29, 0.717) is 5.15 Å². The normalized spacial score (nSPS) is 10.4. The Bertz CT molecular complexity index is 699. The standard InChI is InChI=1S/C15H10ClN3/c16-15-10-14(17-19-18-15)13-9-5-4-8-12(13)11-6-2-1-3-7-11/h1-10H. The van der Waals surface area contributed by atoms with Gasteiger partial charge in [0.15, 0.2) is 5.15 Å². The van der Waals surface area contributed by atoms with Gasteiger partial charge in [0.2, 0.25) is 0 Å². The summed E-state index contributed by atoms with van der Waals surface area (Å²) >= 11 is 5.88. The van der Waals surface area contributed by atoms with Gasteiger partial charge >= 0.3 is 0 Å². The van der Waals surface area contributed by atoms with E-state index in [0.717, 1.165) is 22.4 Å². The highest BCUT2D eigenvalue weighted by Gasteiger charge is 2.08. The van der Waals surface area contributed by atoms with Crippen LogP contribution in [0.2, 0.25) is 5.15 Å². The second-order valence-corrected chi connectivity index (χ2v) is 4.44.